The largest absolute Gasteiger partial charge is 0.314 e. The van der Waals surface area contributed by atoms with Crippen molar-refractivity contribution in [2.75, 3.05) is 66.5 Å². The van der Waals surface area contributed by atoms with Gasteiger partial charge in [-0.25, -0.2) is 0 Å². The number of hydrogen-bond acceptors (Lipinski definition) is 4. The fourth-order valence-corrected chi connectivity index (χ4v) is 2.37. The number of nitrogens with zero attached hydrogens (tertiary/aromatic N) is 3. The van der Waals surface area contributed by atoms with E-state index >= 15 is 0 Å². The van der Waals surface area contributed by atoms with Crippen LogP contribution in [0.5, 0.6) is 0 Å². The van der Waals surface area contributed by atoms with Crippen molar-refractivity contribution >= 4 is 0 Å². The molecule has 0 bridgehead atoms. The minimum absolute atomic E-state index is 0.672. The van der Waals surface area contributed by atoms with Crippen molar-refractivity contribution < 1.29 is 0 Å². The Balaban J connectivity index is 2.12. The molecule has 1 heterocycles. The SMILES string of the molecule is CCN(CC)CCNCC1CN(C)CCN1C. The van der Waals surface area contributed by atoms with E-state index in [1.54, 1.807) is 0 Å². The molecule has 1 atom stereocenters. The molecule has 0 saturated carbocycles. The van der Waals surface area contributed by atoms with Gasteiger partial charge in [0.05, 0.1) is 0 Å². The normalized spacial score (nSPS) is 23.5. The molecular weight excluding hydrogens is 212 g/mol. The van der Waals surface area contributed by atoms with E-state index in [0.717, 1.165) is 26.2 Å². The molecule has 102 valence electrons. The highest BCUT2D eigenvalue weighted by Gasteiger charge is 2.21. The molecule has 0 aromatic rings. The average Bonchev–Trinajstić information content (AvgIpc) is 2.33. The van der Waals surface area contributed by atoms with Gasteiger partial charge in [0.25, 0.3) is 0 Å². The Bertz CT molecular complexity index is 194. The zero-order chi connectivity index (χ0) is 12.7. The van der Waals surface area contributed by atoms with Gasteiger partial charge in [0.15, 0.2) is 0 Å². The summed E-state index contributed by atoms with van der Waals surface area (Å²) < 4.78 is 0. The first-order valence-electron chi connectivity index (χ1n) is 6.99. The van der Waals surface area contributed by atoms with Gasteiger partial charge >= 0.3 is 0 Å². The Morgan fingerprint density at radius 1 is 1.18 bits per heavy atom. The lowest BCUT2D eigenvalue weighted by Gasteiger charge is -2.37. The predicted molar refractivity (Wildman–Crippen MR) is 74.6 cm³/mol. The third-order valence-electron chi connectivity index (χ3n) is 3.86. The van der Waals surface area contributed by atoms with Crippen LogP contribution in [0.1, 0.15) is 13.8 Å². The van der Waals surface area contributed by atoms with E-state index in [4.69, 9.17) is 0 Å². The molecule has 0 spiro atoms. The van der Waals surface area contributed by atoms with Crippen molar-refractivity contribution in [3.8, 4) is 0 Å². The van der Waals surface area contributed by atoms with Crippen LogP contribution in [0.15, 0.2) is 0 Å². The fourth-order valence-electron chi connectivity index (χ4n) is 2.37. The van der Waals surface area contributed by atoms with Gasteiger partial charge in [-0.15, -0.1) is 0 Å². The van der Waals surface area contributed by atoms with Crippen LogP contribution in [0.3, 0.4) is 0 Å². The van der Waals surface area contributed by atoms with Gasteiger partial charge < -0.3 is 15.1 Å². The molecule has 17 heavy (non-hydrogen) atoms. The van der Waals surface area contributed by atoms with E-state index in [1.165, 1.54) is 26.2 Å². The molecule has 1 aliphatic heterocycles. The number of hydrogen-bond donors (Lipinski definition) is 1. The van der Waals surface area contributed by atoms with Crippen molar-refractivity contribution in [1.82, 2.24) is 20.0 Å². The smallest absolute Gasteiger partial charge is 0.0345 e. The van der Waals surface area contributed by atoms with E-state index in [0.29, 0.717) is 6.04 Å². The highest BCUT2D eigenvalue weighted by Crippen LogP contribution is 2.04. The molecule has 1 aliphatic rings. The Kier molecular flexibility index (Phi) is 7.04. The summed E-state index contributed by atoms with van der Waals surface area (Å²) in [6, 6.07) is 0.672. The third-order valence-corrected chi connectivity index (χ3v) is 3.86. The van der Waals surface area contributed by atoms with Gasteiger partial charge in [0.2, 0.25) is 0 Å². The highest BCUT2D eigenvalue weighted by molar-refractivity contribution is 4.80. The summed E-state index contributed by atoms with van der Waals surface area (Å²) in [5, 5.41) is 3.60. The minimum Gasteiger partial charge on any atom is -0.314 e. The maximum absolute atomic E-state index is 3.60. The first-order valence-corrected chi connectivity index (χ1v) is 6.99. The zero-order valence-electron chi connectivity index (χ0n) is 12.1. The van der Waals surface area contributed by atoms with Gasteiger partial charge in [-0.2, -0.15) is 0 Å². The number of piperazine rings is 1. The fraction of sp³-hybridized carbons (Fsp3) is 1.00. The van der Waals surface area contributed by atoms with E-state index in [2.05, 4.69) is 48.0 Å². The van der Waals surface area contributed by atoms with Crippen molar-refractivity contribution in [3.05, 3.63) is 0 Å². The Morgan fingerprint density at radius 2 is 1.88 bits per heavy atom. The van der Waals surface area contributed by atoms with Crippen molar-refractivity contribution in [2.24, 2.45) is 0 Å². The number of nitrogens with one attached hydrogen (secondary N) is 1. The summed E-state index contributed by atoms with van der Waals surface area (Å²) in [5.74, 6) is 0. The summed E-state index contributed by atoms with van der Waals surface area (Å²) in [6.45, 7) is 13.7. The Labute approximate surface area is 107 Å². The first-order chi connectivity index (χ1) is 8.17. The van der Waals surface area contributed by atoms with E-state index in [9.17, 15) is 0 Å². The minimum atomic E-state index is 0.672. The van der Waals surface area contributed by atoms with E-state index in [-0.39, 0.29) is 0 Å². The topological polar surface area (TPSA) is 21.8 Å². The van der Waals surface area contributed by atoms with Crippen LogP contribution < -0.4 is 5.32 Å². The summed E-state index contributed by atoms with van der Waals surface area (Å²) in [5.41, 5.74) is 0. The molecule has 0 aromatic heterocycles. The lowest BCUT2D eigenvalue weighted by molar-refractivity contribution is 0.113. The van der Waals surface area contributed by atoms with Gasteiger partial charge in [-0.05, 0) is 27.2 Å². The summed E-state index contributed by atoms with van der Waals surface area (Å²) in [6.07, 6.45) is 0. The lowest BCUT2D eigenvalue weighted by Crippen LogP contribution is -2.54. The zero-order valence-corrected chi connectivity index (χ0v) is 12.1. The number of likely N-dealkylation sites (N-methyl/N-ethyl adjacent to an activating group) is 3. The molecule has 0 aliphatic carbocycles. The second-order valence-corrected chi connectivity index (χ2v) is 5.13. The standard InChI is InChI=1S/C13H30N4/c1-5-17(6-2)8-7-14-11-13-12-15(3)9-10-16(13)4/h13-14H,5-12H2,1-4H3. The monoisotopic (exact) mass is 242 g/mol. The van der Waals surface area contributed by atoms with Crippen LogP contribution in [-0.2, 0) is 0 Å². The van der Waals surface area contributed by atoms with Crippen molar-refractivity contribution in [1.29, 1.82) is 0 Å². The highest BCUT2D eigenvalue weighted by atomic mass is 15.3. The van der Waals surface area contributed by atoms with Crippen LogP contribution >= 0.6 is 0 Å². The van der Waals surface area contributed by atoms with Gasteiger partial charge in [-0.1, -0.05) is 13.8 Å². The second-order valence-electron chi connectivity index (χ2n) is 5.13. The molecule has 1 unspecified atom stereocenters. The first kappa shape index (κ1) is 14.9. The molecule has 4 nitrogen and oxygen atoms in total. The van der Waals surface area contributed by atoms with Gasteiger partial charge in [-0.3, -0.25) is 4.90 Å². The molecule has 0 radical (unpaired) electrons. The summed E-state index contributed by atoms with van der Waals surface area (Å²) in [7, 11) is 4.46. The van der Waals surface area contributed by atoms with Crippen molar-refractivity contribution in [2.45, 2.75) is 19.9 Å². The van der Waals surface area contributed by atoms with E-state index in [1.807, 2.05) is 0 Å². The molecule has 0 aromatic carbocycles. The average molecular weight is 242 g/mol. The molecule has 0 amide bonds. The quantitative estimate of drug-likeness (QED) is 0.642. The number of rotatable bonds is 7. The maximum Gasteiger partial charge on any atom is 0.0345 e. The predicted octanol–water partition coefficient (Wildman–Crippen LogP) is 0.164. The summed E-state index contributed by atoms with van der Waals surface area (Å²) >= 11 is 0. The molecule has 1 rings (SSSR count). The third kappa shape index (κ3) is 5.34. The summed E-state index contributed by atoms with van der Waals surface area (Å²) in [4.78, 5) is 7.37. The molecule has 1 N–H and O–H groups in total. The Morgan fingerprint density at radius 3 is 2.53 bits per heavy atom. The Hall–Kier alpha value is -0.160. The van der Waals surface area contributed by atoms with Crippen molar-refractivity contribution in [3.63, 3.8) is 0 Å². The van der Waals surface area contributed by atoms with Gasteiger partial charge in [0, 0.05) is 45.3 Å². The molecular formula is C13H30N4. The van der Waals surface area contributed by atoms with Crippen LogP contribution in [0, 0.1) is 0 Å². The molecule has 4 heteroatoms. The van der Waals surface area contributed by atoms with Crippen LogP contribution in [0.25, 0.3) is 0 Å². The molecule has 1 saturated heterocycles. The van der Waals surface area contributed by atoms with Crippen LogP contribution in [0.4, 0.5) is 0 Å². The van der Waals surface area contributed by atoms with Crippen LogP contribution in [0.2, 0.25) is 0 Å². The maximum atomic E-state index is 3.60. The van der Waals surface area contributed by atoms with Crippen LogP contribution in [-0.4, -0.2) is 87.2 Å². The second kappa shape index (κ2) is 8.03. The molecule has 1 fully saturated rings. The van der Waals surface area contributed by atoms with Gasteiger partial charge in [0.1, 0.15) is 0 Å². The lowest BCUT2D eigenvalue weighted by atomic mass is 10.2. The van der Waals surface area contributed by atoms with E-state index < -0.39 is 0 Å².